The molecule has 0 spiro atoms. The first kappa shape index (κ1) is 19.1. The Morgan fingerprint density at radius 2 is 1.73 bits per heavy atom. The van der Waals surface area contributed by atoms with Crippen molar-refractivity contribution in [2.24, 2.45) is 0 Å². The van der Waals surface area contributed by atoms with Crippen LogP contribution in [0.2, 0.25) is 0 Å². The van der Waals surface area contributed by atoms with Crippen molar-refractivity contribution in [1.29, 1.82) is 0 Å². The maximum atomic E-state index is 12.8. The predicted molar refractivity (Wildman–Crippen MR) is 105 cm³/mol. The fraction of sp³-hybridized carbons (Fsp3) is 0.421. The van der Waals surface area contributed by atoms with Crippen LogP contribution in [-0.4, -0.2) is 31.7 Å². The molecule has 0 radical (unpaired) electrons. The molecule has 0 atom stereocenters. The number of amides is 1. The minimum absolute atomic E-state index is 0.0373. The molecule has 140 valence electrons. The molecule has 0 saturated carbocycles. The summed E-state index contributed by atoms with van der Waals surface area (Å²) in [5.74, 6) is -0.0373. The second kappa shape index (κ2) is 8.79. The van der Waals surface area contributed by atoms with Crippen molar-refractivity contribution in [2.45, 2.75) is 43.4 Å². The second-order valence-electron chi connectivity index (χ2n) is 6.52. The topological polar surface area (TPSA) is 66.5 Å². The summed E-state index contributed by atoms with van der Waals surface area (Å²) in [6.07, 6.45) is 5.00. The van der Waals surface area contributed by atoms with E-state index in [2.05, 4.69) is 5.32 Å². The summed E-state index contributed by atoms with van der Waals surface area (Å²) in [6.45, 7) is 1.21. The molecule has 5 nitrogen and oxygen atoms in total. The van der Waals surface area contributed by atoms with Gasteiger partial charge in [0.1, 0.15) is 0 Å². The van der Waals surface area contributed by atoms with Crippen LogP contribution in [0.15, 0.2) is 46.0 Å². The Morgan fingerprint density at radius 1 is 1.04 bits per heavy atom. The number of rotatable bonds is 6. The number of benzene rings is 1. The summed E-state index contributed by atoms with van der Waals surface area (Å²) in [7, 11) is -3.41. The molecule has 3 rings (SSSR count). The van der Waals surface area contributed by atoms with E-state index in [-0.39, 0.29) is 5.91 Å². The van der Waals surface area contributed by atoms with Crippen molar-refractivity contribution in [3.05, 3.63) is 46.7 Å². The quantitative estimate of drug-likeness (QED) is 0.811. The van der Waals surface area contributed by atoms with Gasteiger partial charge in [-0.3, -0.25) is 4.79 Å². The maximum Gasteiger partial charge on any atom is 0.243 e. The second-order valence-corrected chi connectivity index (χ2v) is 9.24. The van der Waals surface area contributed by atoms with E-state index in [1.807, 2.05) is 29.0 Å². The summed E-state index contributed by atoms with van der Waals surface area (Å²) in [6, 6.07) is 8.80. The SMILES string of the molecule is O=C(CCc1ccc(S(=O)(=O)N2CCCCCC2)cc1)Nc1ccsc1. The number of sulfonamides is 1. The number of anilines is 1. The molecule has 1 aliphatic heterocycles. The molecule has 2 heterocycles. The van der Waals surface area contributed by atoms with E-state index in [9.17, 15) is 13.2 Å². The summed E-state index contributed by atoms with van der Waals surface area (Å²) in [5.41, 5.74) is 1.78. The van der Waals surface area contributed by atoms with Crippen molar-refractivity contribution in [3.63, 3.8) is 0 Å². The van der Waals surface area contributed by atoms with E-state index in [1.54, 1.807) is 16.4 Å². The average Bonchev–Trinajstić information content (AvgIpc) is 2.98. The standard InChI is InChI=1S/C19H24N2O3S2/c22-19(20-17-11-14-25-15-17)10-7-16-5-8-18(9-6-16)26(23,24)21-12-3-1-2-4-13-21/h5-6,8-9,11,14-15H,1-4,7,10,12-13H2,(H,20,22). The Hall–Kier alpha value is -1.70. The van der Waals surface area contributed by atoms with Crippen LogP contribution < -0.4 is 5.32 Å². The molecule has 26 heavy (non-hydrogen) atoms. The van der Waals surface area contributed by atoms with Gasteiger partial charge in [0.05, 0.1) is 10.6 Å². The molecule has 0 bridgehead atoms. The van der Waals surface area contributed by atoms with Crippen LogP contribution in [0.25, 0.3) is 0 Å². The first-order valence-corrected chi connectivity index (χ1v) is 11.4. The van der Waals surface area contributed by atoms with Crippen LogP contribution >= 0.6 is 11.3 Å². The summed E-state index contributed by atoms with van der Waals surface area (Å²) >= 11 is 1.54. The van der Waals surface area contributed by atoms with Gasteiger partial charge in [-0.15, -0.1) is 0 Å². The van der Waals surface area contributed by atoms with Gasteiger partial charge < -0.3 is 5.32 Å². The third-order valence-corrected chi connectivity index (χ3v) is 7.17. The normalized spacial score (nSPS) is 16.2. The molecule has 1 N–H and O–H groups in total. The zero-order valence-electron chi connectivity index (χ0n) is 14.7. The minimum Gasteiger partial charge on any atom is -0.325 e. The van der Waals surface area contributed by atoms with E-state index < -0.39 is 10.0 Å². The van der Waals surface area contributed by atoms with Gasteiger partial charge in [-0.1, -0.05) is 25.0 Å². The van der Waals surface area contributed by atoms with Gasteiger partial charge in [-0.2, -0.15) is 15.6 Å². The van der Waals surface area contributed by atoms with Gasteiger partial charge in [0.25, 0.3) is 0 Å². The van der Waals surface area contributed by atoms with Crippen LogP contribution in [-0.2, 0) is 21.2 Å². The Kier molecular flexibility index (Phi) is 6.45. The molecule has 1 amide bonds. The summed E-state index contributed by atoms with van der Waals surface area (Å²) in [5, 5.41) is 6.65. The molecular weight excluding hydrogens is 368 g/mol. The van der Waals surface area contributed by atoms with Gasteiger partial charge in [-0.25, -0.2) is 8.42 Å². The maximum absolute atomic E-state index is 12.8. The first-order valence-electron chi connectivity index (χ1n) is 8.97. The van der Waals surface area contributed by atoms with Crippen molar-refractivity contribution in [3.8, 4) is 0 Å². The lowest BCUT2D eigenvalue weighted by Crippen LogP contribution is -2.31. The average molecular weight is 393 g/mol. The van der Waals surface area contributed by atoms with Crippen LogP contribution in [0.3, 0.4) is 0 Å². The molecule has 0 unspecified atom stereocenters. The largest absolute Gasteiger partial charge is 0.325 e. The molecular formula is C19H24N2O3S2. The molecule has 1 aromatic heterocycles. The first-order chi connectivity index (χ1) is 12.6. The number of hydrogen-bond acceptors (Lipinski definition) is 4. The number of nitrogens with zero attached hydrogens (tertiary/aromatic N) is 1. The molecule has 1 fully saturated rings. The van der Waals surface area contributed by atoms with Crippen molar-refractivity contribution >= 4 is 33.0 Å². The molecule has 1 aromatic carbocycles. The number of nitrogens with one attached hydrogen (secondary N) is 1. The lowest BCUT2D eigenvalue weighted by molar-refractivity contribution is -0.116. The van der Waals surface area contributed by atoms with E-state index in [0.29, 0.717) is 30.8 Å². The highest BCUT2D eigenvalue weighted by Crippen LogP contribution is 2.21. The molecule has 2 aromatic rings. The minimum atomic E-state index is -3.41. The number of thiophene rings is 1. The molecule has 1 aliphatic rings. The Labute approximate surface area is 159 Å². The smallest absolute Gasteiger partial charge is 0.243 e. The van der Waals surface area contributed by atoms with Gasteiger partial charge in [-0.05, 0) is 48.4 Å². The zero-order chi connectivity index (χ0) is 18.4. The van der Waals surface area contributed by atoms with Gasteiger partial charge >= 0.3 is 0 Å². The van der Waals surface area contributed by atoms with Crippen molar-refractivity contribution in [1.82, 2.24) is 4.31 Å². The summed E-state index contributed by atoms with van der Waals surface area (Å²) < 4.78 is 27.1. The molecule has 1 saturated heterocycles. The van der Waals surface area contributed by atoms with E-state index in [0.717, 1.165) is 36.9 Å². The van der Waals surface area contributed by atoms with Crippen molar-refractivity contribution in [2.75, 3.05) is 18.4 Å². The Morgan fingerprint density at radius 3 is 2.35 bits per heavy atom. The fourth-order valence-electron chi connectivity index (χ4n) is 3.08. The number of aryl methyl sites for hydroxylation is 1. The molecule has 0 aliphatic carbocycles. The number of carbonyl (C=O) groups excluding carboxylic acids is 1. The Balaban J connectivity index is 1.58. The van der Waals surface area contributed by atoms with Gasteiger partial charge in [0, 0.05) is 24.9 Å². The highest BCUT2D eigenvalue weighted by Gasteiger charge is 2.24. The monoisotopic (exact) mass is 392 g/mol. The fourth-order valence-corrected chi connectivity index (χ4v) is 5.18. The lowest BCUT2D eigenvalue weighted by atomic mass is 10.1. The third-order valence-electron chi connectivity index (χ3n) is 4.57. The Bertz CT molecular complexity index is 807. The number of hydrogen-bond donors (Lipinski definition) is 1. The van der Waals surface area contributed by atoms with Crippen LogP contribution in [0.5, 0.6) is 0 Å². The predicted octanol–water partition coefficient (Wildman–Crippen LogP) is 3.88. The third kappa shape index (κ3) is 4.93. The van der Waals surface area contributed by atoms with E-state index >= 15 is 0 Å². The lowest BCUT2D eigenvalue weighted by Gasteiger charge is -2.20. The van der Waals surface area contributed by atoms with Crippen LogP contribution in [0, 0.1) is 0 Å². The highest BCUT2D eigenvalue weighted by atomic mass is 32.2. The van der Waals surface area contributed by atoms with E-state index in [1.165, 1.54) is 11.3 Å². The van der Waals surface area contributed by atoms with E-state index in [4.69, 9.17) is 0 Å². The highest BCUT2D eigenvalue weighted by molar-refractivity contribution is 7.89. The van der Waals surface area contributed by atoms with Crippen LogP contribution in [0.4, 0.5) is 5.69 Å². The molecule has 7 heteroatoms. The summed E-state index contributed by atoms with van der Waals surface area (Å²) in [4.78, 5) is 12.3. The van der Waals surface area contributed by atoms with Crippen molar-refractivity contribution < 1.29 is 13.2 Å². The van der Waals surface area contributed by atoms with Crippen LogP contribution in [0.1, 0.15) is 37.7 Å². The zero-order valence-corrected chi connectivity index (χ0v) is 16.3. The van der Waals surface area contributed by atoms with Gasteiger partial charge in [0.2, 0.25) is 15.9 Å². The van der Waals surface area contributed by atoms with Gasteiger partial charge in [0.15, 0.2) is 0 Å². The number of carbonyl (C=O) groups is 1.